The van der Waals surface area contributed by atoms with Crippen molar-refractivity contribution in [2.45, 2.75) is 12.1 Å². The van der Waals surface area contributed by atoms with Crippen LogP contribution in [-0.4, -0.2) is 35.0 Å². The fourth-order valence-corrected chi connectivity index (χ4v) is 6.05. The van der Waals surface area contributed by atoms with Crippen LogP contribution in [0.4, 0.5) is 11.4 Å². The average molecular weight is 487 g/mol. The number of para-hydroxylation sites is 1. The summed E-state index contributed by atoms with van der Waals surface area (Å²) in [5.74, 6) is -2.65. The van der Waals surface area contributed by atoms with Gasteiger partial charge in [0.15, 0.2) is 0 Å². The van der Waals surface area contributed by atoms with Gasteiger partial charge in [-0.05, 0) is 34.7 Å². The van der Waals surface area contributed by atoms with Gasteiger partial charge in [0.05, 0.1) is 29.8 Å². The number of carbonyl (C=O) groups is 3. The van der Waals surface area contributed by atoms with Crippen LogP contribution in [0.2, 0.25) is 0 Å². The number of fused-ring (bicyclic) bond motifs is 6. The van der Waals surface area contributed by atoms with Gasteiger partial charge >= 0.3 is 0 Å². The van der Waals surface area contributed by atoms with Crippen molar-refractivity contribution in [2.24, 2.45) is 16.9 Å². The van der Waals surface area contributed by atoms with Crippen molar-refractivity contribution < 1.29 is 14.4 Å². The molecule has 7 heteroatoms. The number of nitrogens with zero attached hydrogens (tertiary/aromatic N) is 3. The predicted octanol–water partition coefficient (Wildman–Crippen LogP) is 4.36. The van der Waals surface area contributed by atoms with E-state index in [1.807, 2.05) is 78.9 Å². The maximum absolute atomic E-state index is 14.1. The van der Waals surface area contributed by atoms with Crippen molar-refractivity contribution in [3.05, 3.63) is 108 Å². The zero-order chi connectivity index (χ0) is 25.1. The molecule has 0 aromatic heterocycles. The number of hydrogen-bond acceptors (Lipinski definition) is 5. The van der Waals surface area contributed by atoms with Crippen molar-refractivity contribution in [1.29, 1.82) is 0 Å². The number of amides is 3. The molecule has 4 aromatic carbocycles. The molecule has 37 heavy (non-hydrogen) atoms. The van der Waals surface area contributed by atoms with Gasteiger partial charge in [0.25, 0.3) is 0 Å². The van der Waals surface area contributed by atoms with Crippen LogP contribution in [0.25, 0.3) is 10.8 Å². The second-order valence-electron chi connectivity index (χ2n) is 9.56. The summed E-state index contributed by atoms with van der Waals surface area (Å²) in [4.78, 5) is 43.3. The van der Waals surface area contributed by atoms with E-state index < -0.39 is 23.9 Å². The Labute approximate surface area is 213 Å². The van der Waals surface area contributed by atoms with Gasteiger partial charge in [0.2, 0.25) is 17.7 Å². The number of carbonyl (C=O) groups excluding carboxylic acids is 3. The third kappa shape index (κ3) is 3.13. The lowest BCUT2D eigenvalue weighted by atomic mass is 9.85. The second-order valence-corrected chi connectivity index (χ2v) is 9.56. The van der Waals surface area contributed by atoms with Crippen molar-refractivity contribution in [3.63, 3.8) is 0 Å². The molecule has 4 aromatic rings. The first-order valence-corrected chi connectivity index (χ1v) is 12.3. The first-order chi connectivity index (χ1) is 18.1. The van der Waals surface area contributed by atoms with Crippen LogP contribution in [0.15, 0.2) is 102 Å². The Morgan fingerprint density at radius 3 is 2.32 bits per heavy atom. The van der Waals surface area contributed by atoms with Gasteiger partial charge in [-0.3, -0.25) is 19.4 Å². The molecular formula is C30H22N4O3. The minimum atomic E-state index is -0.934. The summed E-state index contributed by atoms with van der Waals surface area (Å²) in [5.41, 5.74) is 2.94. The Bertz CT molecular complexity index is 1610. The standard InChI is InChI=1S/C30H22N4O3/c35-28(32-20-12-2-1-3-13-20)27-25-24(26-22-15-7-5-10-19(22)17-31-34(26)27)29(36)33(30(25)37)23-16-8-11-18-9-4-6-14-21(18)23/h1-17,24-27H,(H,32,35). The third-order valence-electron chi connectivity index (χ3n) is 7.61. The van der Waals surface area contributed by atoms with Crippen LogP contribution in [0.3, 0.4) is 0 Å². The molecule has 4 unspecified atom stereocenters. The van der Waals surface area contributed by atoms with E-state index in [-0.39, 0.29) is 17.7 Å². The SMILES string of the molecule is O=C(Nc1ccccc1)C1C2C(=O)N(c3cccc4ccccc34)C(=O)C2C2c3ccccc3C=NN12. The molecule has 7 nitrogen and oxygen atoms in total. The number of hydrogen-bond donors (Lipinski definition) is 1. The monoisotopic (exact) mass is 486 g/mol. The normalized spacial score (nSPS) is 23.7. The van der Waals surface area contributed by atoms with Gasteiger partial charge in [0, 0.05) is 11.1 Å². The molecule has 3 aliphatic heterocycles. The van der Waals surface area contributed by atoms with Crippen LogP contribution in [0.1, 0.15) is 17.2 Å². The summed E-state index contributed by atoms with van der Waals surface area (Å²) >= 11 is 0. The van der Waals surface area contributed by atoms with Crippen LogP contribution in [0, 0.1) is 11.8 Å². The summed E-state index contributed by atoms with van der Waals surface area (Å²) < 4.78 is 0. The largest absolute Gasteiger partial charge is 0.324 e. The number of imide groups is 1. The maximum Gasteiger partial charge on any atom is 0.249 e. The Hall–Kier alpha value is -4.78. The van der Waals surface area contributed by atoms with E-state index in [2.05, 4.69) is 10.4 Å². The first-order valence-electron chi connectivity index (χ1n) is 12.3. The highest BCUT2D eigenvalue weighted by atomic mass is 16.2. The summed E-state index contributed by atoms with van der Waals surface area (Å²) in [6.07, 6.45) is 1.70. The van der Waals surface area contributed by atoms with Crippen LogP contribution < -0.4 is 10.2 Å². The van der Waals surface area contributed by atoms with Crippen molar-refractivity contribution in [1.82, 2.24) is 5.01 Å². The number of rotatable bonds is 3. The molecule has 1 N–H and O–H groups in total. The molecule has 0 aliphatic carbocycles. The van der Waals surface area contributed by atoms with Gasteiger partial charge < -0.3 is 5.32 Å². The van der Waals surface area contributed by atoms with E-state index in [9.17, 15) is 14.4 Å². The van der Waals surface area contributed by atoms with Gasteiger partial charge in [-0.2, -0.15) is 5.10 Å². The summed E-state index contributed by atoms with van der Waals surface area (Å²) in [5, 5.41) is 10.9. The van der Waals surface area contributed by atoms with E-state index in [1.54, 1.807) is 29.4 Å². The van der Waals surface area contributed by atoms with E-state index in [0.29, 0.717) is 11.4 Å². The van der Waals surface area contributed by atoms with Gasteiger partial charge in [-0.1, -0.05) is 78.9 Å². The lowest BCUT2D eigenvalue weighted by Crippen LogP contribution is -2.46. The fraction of sp³-hybridized carbons (Fsp3) is 0.133. The summed E-state index contributed by atoms with van der Waals surface area (Å²) in [7, 11) is 0. The molecule has 3 amide bonds. The molecule has 0 spiro atoms. The first kappa shape index (κ1) is 21.5. The Morgan fingerprint density at radius 2 is 1.46 bits per heavy atom. The Morgan fingerprint density at radius 1 is 0.757 bits per heavy atom. The summed E-state index contributed by atoms with van der Waals surface area (Å²) in [6.45, 7) is 0. The van der Waals surface area contributed by atoms with E-state index in [4.69, 9.17) is 0 Å². The van der Waals surface area contributed by atoms with E-state index in [0.717, 1.165) is 21.9 Å². The third-order valence-corrected chi connectivity index (χ3v) is 7.61. The minimum Gasteiger partial charge on any atom is -0.324 e. The molecule has 7 rings (SSSR count). The molecular weight excluding hydrogens is 464 g/mol. The molecule has 4 atom stereocenters. The zero-order valence-electron chi connectivity index (χ0n) is 19.7. The van der Waals surface area contributed by atoms with Crippen molar-refractivity contribution in [2.75, 3.05) is 10.2 Å². The summed E-state index contributed by atoms with van der Waals surface area (Å²) in [6, 6.07) is 28.6. The van der Waals surface area contributed by atoms with Gasteiger partial charge in [-0.25, -0.2) is 4.90 Å². The highest BCUT2D eigenvalue weighted by Crippen LogP contribution is 2.53. The lowest BCUT2D eigenvalue weighted by molar-refractivity contribution is -0.129. The molecule has 3 aliphatic rings. The smallest absolute Gasteiger partial charge is 0.249 e. The maximum atomic E-state index is 14.1. The molecule has 3 heterocycles. The van der Waals surface area contributed by atoms with Gasteiger partial charge in [-0.15, -0.1) is 0 Å². The molecule has 0 bridgehead atoms. The number of nitrogens with one attached hydrogen (secondary N) is 1. The Balaban J connectivity index is 1.36. The zero-order valence-corrected chi connectivity index (χ0v) is 19.7. The molecule has 0 radical (unpaired) electrons. The highest BCUT2D eigenvalue weighted by Gasteiger charge is 2.65. The fourth-order valence-electron chi connectivity index (χ4n) is 6.05. The van der Waals surface area contributed by atoms with Crippen LogP contribution >= 0.6 is 0 Å². The van der Waals surface area contributed by atoms with Crippen molar-refractivity contribution >= 4 is 46.1 Å². The minimum absolute atomic E-state index is 0.303. The van der Waals surface area contributed by atoms with Gasteiger partial charge in [0.1, 0.15) is 6.04 Å². The van der Waals surface area contributed by atoms with E-state index in [1.165, 1.54) is 4.90 Å². The van der Waals surface area contributed by atoms with Crippen LogP contribution in [0.5, 0.6) is 0 Å². The second kappa shape index (κ2) is 8.13. The molecule has 0 saturated carbocycles. The van der Waals surface area contributed by atoms with Crippen LogP contribution in [-0.2, 0) is 14.4 Å². The average Bonchev–Trinajstić information content (AvgIpc) is 3.41. The number of hydrazone groups is 1. The number of benzene rings is 4. The highest BCUT2D eigenvalue weighted by molar-refractivity contribution is 6.26. The van der Waals surface area contributed by atoms with E-state index >= 15 is 0 Å². The molecule has 180 valence electrons. The lowest BCUT2D eigenvalue weighted by Gasteiger charge is -2.33. The van der Waals surface area contributed by atoms with Crippen molar-refractivity contribution in [3.8, 4) is 0 Å². The number of anilines is 2. The molecule has 2 saturated heterocycles. The topological polar surface area (TPSA) is 82.1 Å². The molecule has 2 fully saturated rings. The predicted molar refractivity (Wildman–Crippen MR) is 141 cm³/mol. The quantitative estimate of drug-likeness (QED) is 0.437. The Kier molecular flexibility index (Phi) is 4.72.